The number of nitrogens with one attached hydrogen (secondary N) is 2. The second kappa shape index (κ2) is 7.61. The van der Waals surface area contributed by atoms with Crippen LogP contribution in [0.15, 0.2) is 47.6 Å². The van der Waals surface area contributed by atoms with E-state index in [-0.39, 0.29) is 0 Å². The van der Waals surface area contributed by atoms with Crippen LogP contribution in [-0.4, -0.2) is 30.7 Å². The van der Waals surface area contributed by atoms with Crippen LogP contribution in [0.1, 0.15) is 17.5 Å². The van der Waals surface area contributed by atoms with Gasteiger partial charge in [-0.2, -0.15) is 0 Å². The van der Waals surface area contributed by atoms with Gasteiger partial charge in [0.15, 0.2) is 17.5 Å². The molecule has 0 atom stereocenters. The summed E-state index contributed by atoms with van der Waals surface area (Å²) in [5, 5.41) is 4.36. The number of nitrogens with zero attached hydrogens (tertiary/aromatic N) is 1. The average Bonchev–Trinajstić information content (AvgIpc) is 2.89. The maximum atomic E-state index is 6.04. The minimum absolute atomic E-state index is 0.389. The molecule has 0 fully saturated rings. The highest BCUT2D eigenvalue weighted by molar-refractivity contribution is 5.92. The predicted octanol–water partition coefficient (Wildman–Crippen LogP) is 3.61. The highest BCUT2D eigenvalue weighted by Gasteiger charge is 2.11. The first-order chi connectivity index (χ1) is 13.2. The molecule has 0 saturated heterocycles. The van der Waals surface area contributed by atoms with Crippen LogP contribution in [0.25, 0.3) is 10.9 Å². The molecular weight excluding hydrogens is 340 g/mol. The van der Waals surface area contributed by atoms with Crippen molar-refractivity contribution in [3.63, 3.8) is 0 Å². The number of hydrogen-bond donors (Lipinski definition) is 3. The molecule has 6 nitrogen and oxygen atoms in total. The molecule has 1 aromatic heterocycles. The molecule has 27 heavy (non-hydrogen) atoms. The average molecular weight is 364 g/mol. The predicted molar refractivity (Wildman–Crippen MR) is 109 cm³/mol. The molecule has 2 aromatic carbocycles. The summed E-state index contributed by atoms with van der Waals surface area (Å²) < 4.78 is 11.3. The highest BCUT2D eigenvalue weighted by atomic mass is 16.5. The Kier molecular flexibility index (Phi) is 4.87. The third-order valence-corrected chi connectivity index (χ3v) is 4.61. The third kappa shape index (κ3) is 4.00. The van der Waals surface area contributed by atoms with Crippen LogP contribution in [0.3, 0.4) is 0 Å². The first kappa shape index (κ1) is 17.3. The van der Waals surface area contributed by atoms with Crippen molar-refractivity contribution in [2.45, 2.75) is 19.8 Å². The number of hydrogen-bond acceptors (Lipinski definition) is 3. The van der Waals surface area contributed by atoms with Gasteiger partial charge in [0.05, 0.1) is 13.2 Å². The summed E-state index contributed by atoms with van der Waals surface area (Å²) >= 11 is 0. The van der Waals surface area contributed by atoms with E-state index in [1.807, 2.05) is 24.4 Å². The van der Waals surface area contributed by atoms with Gasteiger partial charge in [0.1, 0.15) is 0 Å². The summed E-state index contributed by atoms with van der Waals surface area (Å²) in [6.07, 6.45) is 3.76. The fourth-order valence-electron chi connectivity index (χ4n) is 3.23. The number of rotatable bonds is 4. The van der Waals surface area contributed by atoms with E-state index < -0.39 is 0 Å². The number of aromatic nitrogens is 1. The minimum Gasteiger partial charge on any atom is -0.490 e. The second-order valence-electron chi connectivity index (χ2n) is 6.72. The van der Waals surface area contributed by atoms with Gasteiger partial charge in [-0.3, -0.25) is 4.99 Å². The zero-order valence-corrected chi connectivity index (χ0v) is 15.4. The van der Waals surface area contributed by atoms with Crippen LogP contribution >= 0.6 is 0 Å². The van der Waals surface area contributed by atoms with Gasteiger partial charge in [0.2, 0.25) is 0 Å². The Balaban J connectivity index is 1.39. The highest BCUT2D eigenvalue weighted by Crippen LogP contribution is 2.32. The molecule has 1 aliphatic heterocycles. The first-order valence-corrected chi connectivity index (χ1v) is 9.22. The number of aromatic amines is 1. The van der Waals surface area contributed by atoms with Gasteiger partial charge in [-0.05, 0) is 42.7 Å². The van der Waals surface area contributed by atoms with E-state index in [1.54, 1.807) is 0 Å². The molecule has 1 aliphatic rings. The van der Waals surface area contributed by atoms with Gasteiger partial charge in [-0.1, -0.05) is 12.1 Å². The van der Waals surface area contributed by atoms with Crippen molar-refractivity contribution in [2.75, 3.05) is 25.1 Å². The lowest BCUT2D eigenvalue weighted by molar-refractivity contribution is 0.297. The Hall–Kier alpha value is -3.15. The zero-order valence-electron chi connectivity index (χ0n) is 15.4. The topological polar surface area (TPSA) is 84.7 Å². The number of anilines is 1. The van der Waals surface area contributed by atoms with E-state index in [1.165, 1.54) is 16.5 Å². The fourth-order valence-corrected chi connectivity index (χ4v) is 3.23. The molecule has 6 heteroatoms. The van der Waals surface area contributed by atoms with E-state index in [9.17, 15) is 0 Å². The molecular formula is C21H24N4O2. The van der Waals surface area contributed by atoms with E-state index in [2.05, 4.69) is 40.4 Å². The molecule has 0 saturated carbocycles. The van der Waals surface area contributed by atoms with Crippen molar-refractivity contribution in [3.8, 4) is 11.5 Å². The standard InChI is InChI=1S/C21H24N4O2/c1-14-3-5-17-15(13-24-18(17)11-14)7-8-23-21(22)25-16-4-6-19-20(12-16)27-10-2-9-26-19/h3-6,11-13,24H,2,7-10H2,1H3,(H3,22,23,25). The number of ether oxygens (including phenoxy) is 2. The lowest BCUT2D eigenvalue weighted by Gasteiger charge is -2.10. The van der Waals surface area contributed by atoms with Gasteiger partial charge >= 0.3 is 0 Å². The zero-order chi connectivity index (χ0) is 18.6. The Labute approximate surface area is 158 Å². The van der Waals surface area contributed by atoms with E-state index in [0.29, 0.717) is 25.7 Å². The first-order valence-electron chi connectivity index (χ1n) is 9.22. The van der Waals surface area contributed by atoms with Crippen molar-refractivity contribution in [2.24, 2.45) is 10.7 Å². The van der Waals surface area contributed by atoms with Gasteiger partial charge in [-0.15, -0.1) is 0 Å². The normalized spacial score (nSPS) is 14.2. The molecule has 0 aliphatic carbocycles. The number of benzene rings is 2. The van der Waals surface area contributed by atoms with Crippen molar-refractivity contribution in [3.05, 3.63) is 53.7 Å². The Morgan fingerprint density at radius 1 is 1.15 bits per heavy atom. The maximum absolute atomic E-state index is 6.04. The number of H-pyrrole nitrogens is 1. The molecule has 0 amide bonds. The maximum Gasteiger partial charge on any atom is 0.193 e. The van der Waals surface area contributed by atoms with Crippen LogP contribution in [-0.2, 0) is 6.42 Å². The minimum atomic E-state index is 0.389. The molecule has 3 aromatic rings. The van der Waals surface area contributed by atoms with Crippen LogP contribution < -0.4 is 20.5 Å². The van der Waals surface area contributed by atoms with E-state index >= 15 is 0 Å². The molecule has 0 bridgehead atoms. The van der Waals surface area contributed by atoms with Gasteiger partial charge in [-0.25, -0.2) is 0 Å². The Morgan fingerprint density at radius 2 is 2.00 bits per heavy atom. The van der Waals surface area contributed by atoms with Gasteiger partial charge in [0.25, 0.3) is 0 Å². The van der Waals surface area contributed by atoms with Crippen molar-refractivity contribution in [1.29, 1.82) is 0 Å². The quantitative estimate of drug-likeness (QED) is 0.488. The number of nitrogens with two attached hydrogens (primary N) is 1. The smallest absolute Gasteiger partial charge is 0.193 e. The van der Waals surface area contributed by atoms with Crippen LogP contribution in [0.2, 0.25) is 0 Å². The van der Waals surface area contributed by atoms with E-state index in [4.69, 9.17) is 15.2 Å². The molecule has 4 N–H and O–H groups in total. The molecule has 0 spiro atoms. The van der Waals surface area contributed by atoms with Gasteiger partial charge < -0.3 is 25.5 Å². The Bertz CT molecular complexity index is 977. The van der Waals surface area contributed by atoms with Crippen molar-refractivity contribution < 1.29 is 9.47 Å². The summed E-state index contributed by atoms with van der Waals surface area (Å²) in [6.45, 7) is 4.04. The lowest BCUT2D eigenvalue weighted by atomic mass is 10.1. The SMILES string of the molecule is Cc1ccc2c(CCN=C(N)Nc3ccc4c(c3)OCCCO4)c[nH]c2c1. The number of aliphatic imine (C=N–C) groups is 1. The molecule has 2 heterocycles. The van der Waals surface area contributed by atoms with Crippen LogP contribution in [0.5, 0.6) is 11.5 Å². The summed E-state index contributed by atoms with van der Waals surface area (Å²) in [7, 11) is 0. The summed E-state index contributed by atoms with van der Waals surface area (Å²) in [5.74, 6) is 1.89. The summed E-state index contributed by atoms with van der Waals surface area (Å²) in [5.41, 5.74) is 10.5. The molecule has 0 radical (unpaired) electrons. The number of guanidine groups is 1. The molecule has 0 unspecified atom stereocenters. The monoisotopic (exact) mass is 364 g/mol. The van der Waals surface area contributed by atoms with Crippen molar-refractivity contribution >= 4 is 22.5 Å². The van der Waals surface area contributed by atoms with Crippen molar-refractivity contribution in [1.82, 2.24) is 4.98 Å². The molecule has 140 valence electrons. The Morgan fingerprint density at radius 3 is 2.89 bits per heavy atom. The number of aryl methyl sites for hydroxylation is 1. The number of fused-ring (bicyclic) bond motifs is 2. The van der Waals surface area contributed by atoms with Crippen LogP contribution in [0.4, 0.5) is 5.69 Å². The third-order valence-electron chi connectivity index (χ3n) is 4.61. The fraction of sp³-hybridized carbons (Fsp3) is 0.286. The summed E-state index contributed by atoms with van der Waals surface area (Å²) in [6, 6.07) is 12.1. The second-order valence-corrected chi connectivity index (χ2v) is 6.72. The van der Waals surface area contributed by atoms with Crippen LogP contribution in [0, 0.1) is 6.92 Å². The summed E-state index contributed by atoms with van der Waals surface area (Å²) in [4.78, 5) is 7.77. The molecule has 4 rings (SSSR count). The van der Waals surface area contributed by atoms with E-state index in [0.717, 1.165) is 35.5 Å². The largest absolute Gasteiger partial charge is 0.490 e. The van der Waals surface area contributed by atoms with Gasteiger partial charge in [0, 0.05) is 41.8 Å². The lowest BCUT2D eigenvalue weighted by Crippen LogP contribution is -2.23.